The van der Waals surface area contributed by atoms with Crippen LogP contribution in [0.15, 0.2) is 24.3 Å². The van der Waals surface area contributed by atoms with E-state index < -0.39 is 0 Å². The summed E-state index contributed by atoms with van der Waals surface area (Å²) in [6.07, 6.45) is 1.46. The van der Waals surface area contributed by atoms with Crippen molar-refractivity contribution in [1.82, 2.24) is 5.32 Å². The first-order valence-electron chi connectivity index (χ1n) is 5.84. The van der Waals surface area contributed by atoms with Crippen LogP contribution in [0.4, 0.5) is 0 Å². The molecule has 2 atom stereocenters. The Morgan fingerprint density at radius 2 is 1.88 bits per heavy atom. The molecule has 0 amide bonds. The minimum atomic E-state index is 0.195. The molecular formula is C14H17N3. The highest BCUT2D eigenvalue weighted by molar-refractivity contribution is 5.32. The molecule has 0 spiro atoms. The van der Waals surface area contributed by atoms with E-state index in [1.54, 1.807) is 0 Å². The van der Waals surface area contributed by atoms with Gasteiger partial charge >= 0.3 is 0 Å². The van der Waals surface area contributed by atoms with Gasteiger partial charge in [-0.1, -0.05) is 19.1 Å². The highest BCUT2D eigenvalue weighted by atomic mass is 14.9. The van der Waals surface area contributed by atoms with E-state index in [0.29, 0.717) is 12.0 Å². The minimum Gasteiger partial charge on any atom is -0.306 e. The molecule has 88 valence electrons. The molecule has 0 fully saturated rings. The van der Waals surface area contributed by atoms with Gasteiger partial charge in [0.05, 0.1) is 24.1 Å². The lowest BCUT2D eigenvalue weighted by Crippen LogP contribution is -2.30. The highest BCUT2D eigenvalue weighted by Gasteiger charge is 2.11. The Bertz CT molecular complexity index is 422. The lowest BCUT2D eigenvalue weighted by Gasteiger charge is -2.20. The molecule has 0 aliphatic carbocycles. The zero-order chi connectivity index (χ0) is 12.7. The third kappa shape index (κ3) is 3.90. The van der Waals surface area contributed by atoms with E-state index in [9.17, 15) is 0 Å². The second-order valence-corrected chi connectivity index (χ2v) is 4.09. The molecule has 0 aliphatic heterocycles. The molecule has 1 N–H and O–H groups in total. The van der Waals surface area contributed by atoms with Gasteiger partial charge in [0.15, 0.2) is 0 Å². The van der Waals surface area contributed by atoms with Crippen molar-refractivity contribution in [3.8, 4) is 12.1 Å². The van der Waals surface area contributed by atoms with Crippen molar-refractivity contribution in [2.24, 2.45) is 0 Å². The van der Waals surface area contributed by atoms with Crippen LogP contribution in [-0.2, 0) is 0 Å². The summed E-state index contributed by atoms with van der Waals surface area (Å²) in [5.74, 6) is 0. The van der Waals surface area contributed by atoms with Crippen LogP contribution in [0.5, 0.6) is 0 Å². The molecule has 0 heterocycles. The summed E-state index contributed by atoms with van der Waals surface area (Å²) in [6, 6.07) is 12.3. The first kappa shape index (κ1) is 13.2. The second kappa shape index (κ2) is 6.68. The van der Waals surface area contributed by atoms with E-state index in [1.807, 2.05) is 24.3 Å². The van der Waals surface area contributed by atoms with E-state index in [1.165, 1.54) is 0 Å². The number of nitrogens with one attached hydrogen (secondary N) is 1. The number of benzene rings is 1. The molecule has 1 aromatic carbocycles. The molecule has 3 nitrogen and oxygen atoms in total. The predicted octanol–water partition coefficient (Wildman–Crippen LogP) is 2.90. The first-order valence-corrected chi connectivity index (χ1v) is 5.84. The van der Waals surface area contributed by atoms with Crippen LogP contribution in [0.25, 0.3) is 0 Å². The highest BCUT2D eigenvalue weighted by Crippen LogP contribution is 2.15. The molecule has 0 aliphatic rings. The van der Waals surface area contributed by atoms with Crippen LogP contribution in [0.3, 0.4) is 0 Å². The molecule has 17 heavy (non-hydrogen) atoms. The maximum Gasteiger partial charge on any atom is 0.0991 e. The number of hydrogen-bond donors (Lipinski definition) is 1. The van der Waals surface area contributed by atoms with Gasteiger partial charge < -0.3 is 5.32 Å². The number of nitriles is 2. The lowest BCUT2D eigenvalue weighted by atomic mass is 10.0. The topological polar surface area (TPSA) is 59.6 Å². The van der Waals surface area contributed by atoms with Gasteiger partial charge in [-0.05, 0) is 31.0 Å². The van der Waals surface area contributed by atoms with Gasteiger partial charge in [-0.25, -0.2) is 0 Å². The molecule has 0 radical (unpaired) electrons. The van der Waals surface area contributed by atoms with Crippen molar-refractivity contribution in [3.05, 3.63) is 35.4 Å². The summed E-state index contributed by atoms with van der Waals surface area (Å²) >= 11 is 0. The molecule has 0 aromatic heterocycles. The van der Waals surface area contributed by atoms with Crippen molar-refractivity contribution >= 4 is 0 Å². The first-order chi connectivity index (χ1) is 8.21. The van der Waals surface area contributed by atoms with Gasteiger partial charge in [0.2, 0.25) is 0 Å². The molecule has 2 unspecified atom stereocenters. The van der Waals surface area contributed by atoms with Crippen molar-refractivity contribution in [1.29, 1.82) is 10.5 Å². The van der Waals surface area contributed by atoms with Crippen LogP contribution in [0.2, 0.25) is 0 Å². The van der Waals surface area contributed by atoms with Crippen molar-refractivity contribution in [3.63, 3.8) is 0 Å². The van der Waals surface area contributed by atoms with Crippen LogP contribution in [0, 0.1) is 22.7 Å². The average molecular weight is 227 g/mol. The summed E-state index contributed by atoms with van der Waals surface area (Å²) in [7, 11) is 0. The fourth-order valence-corrected chi connectivity index (χ4v) is 1.73. The molecule has 3 heteroatoms. The fourth-order valence-electron chi connectivity index (χ4n) is 1.73. The van der Waals surface area contributed by atoms with Crippen molar-refractivity contribution < 1.29 is 0 Å². The van der Waals surface area contributed by atoms with Crippen molar-refractivity contribution in [2.75, 3.05) is 0 Å². The SMILES string of the molecule is CCC(CC#N)NC(C)c1ccc(C#N)cc1. The van der Waals surface area contributed by atoms with Gasteiger partial charge in [0, 0.05) is 12.1 Å². The van der Waals surface area contributed by atoms with E-state index in [-0.39, 0.29) is 12.1 Å². The Morgan fingerprint density at radius 1 is 1.24 bits per heavy atom. The lowest BCUT2D eigenvalue weighted by molar-refractivity contribution is 0.448. The molecule has 1 rings (SSSR count). The van der Waals surface area contributed by atoms with Gasteiger partial charge in [-0.15, -0.1) is 0 Å². The van der Waals surface area contributed by atoms with E-state index in [0.717, 1.165) is 12.0 Å². The summed E-state index contributed by atoms with van der Waals surface area (Å²) in [5, 5.41) is 20.8. The quantitative estimate of drug-likeness (QED) is 0.841. The summed E-state index contributed by atoms with van der Waals surface area (Å²) in [5.41, 5.74) is 1.81. The van der Waals surface area contributed by atoms with Crippen LogP contribution in [0.1, 0.15) is 43.9 Å². The zero-order valence-electron chi connectivity index (χ0n) is 10.3. The number of hydrogen-bond acceptors (Lipinski definition) is 3. The Hall–Kier alpha value is -1.84. The van der Waals surface area contributed by atoms with Crippen LogP contribution in [-0.4, -0.2) is 6.04 Å². The van der Waals surface area contributed by atoms with Crippen LogP contribution >= 0.6 is 0 Å². The van der Waals surface area contributed by atoms with Gasteiger partial charge in [-0.3, -0.25) is 0 Å². The minimum absolute atomic E-state index is 0.195. The smallest absolute Gasteiger partial charge is 0.0991 e. The third-order valence-electron chi connectivity index (χ3n) is 2.86. The monoisotopic (exact) mass is 227 g/mol. The molecule has 1 aromatic rings. The summed E-state index contributed by atoms with van der Waals surface area (Å²) < 4.78 is 0. The molecule has 0 saturated heterocycles. The van der Waals surface area contributed by atoms with Gasteiger partial charge in [0.25, 0.3) is 0 Å². The van der Waals surface area contributed by atoms with E-state index in [4.69, 9.17) is 10.5 Å². The maximum absolute atomic E-state index is 8.72. The van der Waals surface area contributed by atoms with E-state index >= 15 is 0 Å². The standard InChI is InChI=1S/C14H17N3/c1-3-14(8-9-15)17-11(2)13-6-4-12(10-16)5-7-13/h4-7,11,14,17H,3,8H2,1-2H3. The Labute approximate surface area is 103 Å². The fraction of sp³-hybridized carbons (Fsp3) is 0.429. The predicted molar refractivity (Wildman–Crippen MR) is 67.0 cm³/mol. The Balaban J connectivity index is 2.66. The van der Waals surface area contributed by atoms with Crippen LogP contribution < -0.4 is 5.32 Å². The summed E-state index contributed by atoms with van der Waals surface area (Å²) in [6.45, 7) is 4.14. The molecular weight excluding hydrogens is 210 g/mol. The second-order valence-electron chi connectivity index (χ2n) is 4.09. The largest absolute Gasteiger partial charge is 0.306 e. The van der Waals surface area contributed by atoms with Crippen molar-refractivity contribution in [2.45, 2.75) is 38.8 Å². The Kier molecular flexibility index (Phi) is 5.20. The molecule has 0 saturated carbocycles. The maximum atomic E-state index is 8.72. The van der Waals surface area contributed by atoms with Gasteiger partial charge in [0.1, 0.15) is 0 Å². The van der Waals surface area contributed by atoms with E-state index in [2.05, 4.69) is 31.3 Å². The average Bonchev–Trinajstić information content (AvgIpc) is 2.38. The van der Waals surface area contributed by atoms with Gasteiger partial charge in [-0.2, -0.15) is 10.5 Å². The summed E-state index contributed by atoms with van der Waals surface area (Å²) in [4.78, 5) is 0. The number of rotatable bonds is 5. The third-order valence-corrected chi connectivity index (χ3v) is 2.86. The normalized spacial score (nSPS) is 13.4. The zero-order valence-corrected chi connectivity index (χ0v) is 10.3. The molecule has 0 bridgehead atoms. The number of nitrogens with zero attached hydrogens (tertiary/aromatic N) is 2. The Morgan fingerprint density at radius 3 is 2.35 bits per heavy atom.